The quantitative estimate of drug-likeness (QED) is 0.839. The van der Waals surface area contributed by atoms with E-state index in [1.54, 1.807) is 0 Å². The first-order valence-electron chi connectivity index (χ1n) is 6.57. The summed E-state index contributed by atoms with van der Waals surface area (Å²) in [6.45, 7) is 7.04. The SMILES string of the molecule is CCCNc1nc(-c2cc(Br)ccc2Cl)nc(C)c1C. The van der Waals surface area contributed by atoms with Crippen molar-refractivity contribution in [1.29, 1.82) is 0 Å². The molecule has 0 saturated carbocycles. The lowest BCUT2D eigenvalue weighted by atomic mass is 10.2. The Bertz CT molecular complexity index is 629. The largest absolute Gasteiger partial charge is 0.370 e. The molecule has 0 atom stereocenters. The molecule has 2 aromatic rings. The van der Waals surface area contributed by atoms with Crippen LogP contribution in [0.3, 0.4) is 0 Å². The third-order valence-corrected chi connectivity index (χ3v) is 3.92. The van der Waals surface area contributed by atoms with Crippen molar-refractivity contribution in [3.05, 3.63) is 39.0 Å². The molecule has 2 rings (SSSR count). The van der Waals surface area contributed by atoms with Gasteiger partial charge in [-0.3, -0.25) is 0 Å². The maximum atomic E-state index is 6.26. The Morgan fingerprint density at radius 1 is 1.25 bits per heavy atom. The van der Waals surface area contributed by atoms with Crippen molar-refractivity contribution in [2.75, 3.05) is 11.9 Å². The molecule has 1 heterocycles. The van der Waals surface area contributed by atoms with Crippen LogP contribution in [0.25, 0.3) is 11.4 Å². The second kappa shape index (κ2) is 6.55. The molecule has 0 radical (unpaired) electrons. The van der Waals surface area contributed by atoms with E-state index in [-0.39, 0.29) is 0 Å². The second-order valence-corrected chi connectivity index (χ2v) is 5.98. The number of rotatable bonds is 4. The van der Waals surface area contributed by atoms with Crippen LogP contribution in [0.2, 0.25) is 5.02 Å². The minimum Gasteiger partial charge on any atom is -0.370 e. The highest BCUT2D eigenvalue weighted by atomic mass is 79.9. The fourth-order valence-electron chi connectivity index (χ4n) is 1.83. The van der Waals surface area contributed by atoms with Crippen LogP contribution in [0.1, 0.15) is 24.6 Å². The van der Waals surface area contributed by atoms with Gasteiger partial charge in [0.15, 0.2) is 5.82 Å². The van der Waals surface area contributed by atoms with E-state index in [1.807, 2.05) is 32.0 Å². The van der Waals surface area contributed by atoms with Gasteiger partial charge in [0.2, 0.25) is 0 Å². The van der Waals surface area contributed by atoms with E-state index in [2.05, 4.69) is 38.1 Å². The normalized spacial score (nSPS) is 10.7. The highest BCUT2D eigenvalue weighted by Crippen LogP contribution is 2.30. The van der Waals surface area contributed by atoms with Gasteiger partial charge in [0.25, 0.3) is 0 Å². The third-order valence-electron chi connectivity index (χ3n) is 3.10. The molecule has 1 aromatic heterocycles. The van der Waals surface area contributed by atoms with Gasteiger partial charge in [0, 0.05) is 27.8 Å². The van der Waals surface area contributed by atoms with Gasteiger partial charge in [-0.15, -0.1) is 0 Å². The summed E-state index contributed by atoms with van der Waals surface area (Å²) in [5, 5.41) is 3.99. The molecule has 106 valence electrons. The molecule has 5 heteroatoms. The fraction of sp³-hybridized carbons (Fsp3) is 0.333. The summed E-state index contributed by atoms with van der Waals surface area (Å²) in [5.41, 5.74) is 2.88. The highest BCUT2D eigenvalue weighted by Gasteiger charge is 2.12. The molecule has 0 fully saturated rings. The first-order valence-corrected chi connectivity index (χ1v) is 7.74. The molecule has 0 aliphatic rings. The van der Waals surface area contributed by atoms with Crippen molar-refractivity contribution in [2.24, 2.45) is 0 Å². The van der Waals surface area contributed by atoms with Gasteiger partial charge >= 0.3 is 0 Å². The van der Waals surface area contributed by atoms with Crippen molar-refractivity contribution < 1.29 is 0 Å². The van der Waals surface area contributed by atoms with Crippen LogP contribution < -0.4 is 5.32 Å². The average molecular weight is 355 g/mol. The molecule has 20 heavy (non-hydrogen) atoms. The standard InChI is InChI=1S/C15H17BrClN3/c1-4-7-18-14-9(2)10(3)19-15(20-14)12-8-11(16)5-6-13(12)17/h5-6,8H,4,7H2,1-3H3,(H,18,19,20). The molecule has 1 N–H and O–H groups in total. The van der Waals surface area contributed by atoms with Gasteiger partial charge in [-0.1, -0.05) is 34.5 Å². The number of nitrogens with one attached hydrogen (secondary N) is 1. The van der Waals surface area contributed by atoms with Crippen molar-refractivity contribution >= 4 is 33.3 Å². The number of halogens is 2. The zero-order valence-electron chi connectivity index (χ0n) is 11.8. The average Bonchev–Trinajstić information content (AvgIpc) is 2.43. The molecule has 0 spiro atoms. The third kappa shape index (κ3) is 3.30. The summed E-state index contributed by atoms with van der Waals surface area (Å²) in [7, 11) is 0. The van der Waals surface area contributed by atoms with Gasteiger partial charge < -0.3 is 5.32 Å². The lowest BCUT2D eigenvalue weighted by Gasteiger charge is -2.12. The van der Waals surface area contributed by atoms with Gasteiger partial charge in [-0.2, -0.15) is 0 Å². The van der Waals surface area contributed by atoms with Crippen molar-refractivity contribution in [1.82, 2.24) is 9.97 Å². The second-order valence-electron chi connectivity index (χ2n) is 4.66. The number of anilines is 1. The van der Waals surface area contributed by atoms with Crippen LogP contribution in [0.15, 0.2) is 22.7 Å². The van der Waals surface area contributed by atoms with E-state index < -0.39 is 0 Å². The fourth-order valence-corrected chi connectivity index (χ4v) is 2.40. The van der Waals surface area contributed by atoms with Crippen LogP contribution in [-0.4, -0.2) is 16.5 Å². The minimum atomic E-state index is 0.651. The molecule has 3 nitrogen and oxygen atoms in total. The number of aromatic nitrogens is 2. The zero-order chi connectivity index (χ0) is 14.7. The molecular weight excluding hydrogens is 338 g/mol. The van der Waals surface area contributed by atoms with E-state index in [1.165, 1.54) is 0 Å². The summed E-state index contributed by atoms with van der Waals surface area (Å²) in [6, 6.07) is 5.69. The van der Waals surface area contributed by atoms with E-state index >= 15 is 0 Å². The Balaban J connectivity index is 2.51. The maximum absolute atomic E-state index is 6.26. The summed E-state index contributed by atoms with van der Waals surface area (Å²) in [4.78, 5) is 9.17. The topological polar surface area (TPSA) is 37.8 Å². The Morgan fingerprint density at radius 3 is 2.70 bits per heavy atom. The van der Waals surface area contributed by atoms with Crippen molar-refractivity contribution in [2.45, 2.75) is 27.2 Å². The first kappa shape index (κ1) is 15.3. The van der Waals surface area contributed by atoms with Gasteiger partial charge in [-0.05, 0) is 38.5 Å². The van der Waals surface area contributed by atoms with Crippen LogP contribution >= 0.6 is 27.5 Å². The molecular formula is C15H17BrClN3. The molecule has 0 bridgehead atoms. The molecule has 0 aliphatic carbocycles. The van der Waals surface area contributed by atoms with Gasteiger partial charge in [0.1, 0.15) is 5.82 Å². The Hall–Kier alpha value is -1.13. The van der Waals surface area contributed by atoms with Crippen molar-refractivity contribution in [3.8, 4) is 11.4 Å². The van der Waals surface area contributed by atoms with E-state index in [0.717, 1.165) is 40.1 Å². The lowest BCUT2D eigenvalue weighted by molar-refractivity contribution is 0.955. The predicted octanol–water partition coefficient (Wildman–Crippen LogP) is 5.00. The van der Waals surface area contributed by atoms with E-state index in [4.69, 9.17) is 11.6 Å². The summed E-state index contributed by atoms with van der Waals surface area (Å²) >= 11 is 9.72. The number of hydrogen-bond acceptors (Lipinski definition) is 3. The predicted molar refractivity (Wildman–Crippen MR) is 88.4 cm³/mol. The minimum absolute atomic E-state index is 0.651. The number of aryl methyl sites for hydroxylation is 1. The van der Waals surface area contributed by atoms with Gasteiger partial charge in [-0.25, -0.2) is 9.97 Å². The smallest absolute Gasteiger partial charge is 0.163 e. The number of benzene rings is 1. The van der Waals surface area contributed by atoms with Crippen LogP contribution in [0.4, 0.5) is 5.82 Å². The molecule has 0 aliphatic heterocycles. The van der Waals surface area contributed by atoms with E-state index in [9.17, 15) is 0 Å². The Kier molecular flexibility index (Phi) is 5.00. The maximum Gasteiger partial charge on any atom is 0.163 e. The number of nitrogens with zero attached hydrogens (tertiary/aromatic N) is 2. The van der Waals surface area contributed by atoms with Crippen LogP contribution in [-0.2, 0) is 0 Å². The lowest BCUT2D eigenvalue weighted by Crippen LogP contribution is -2.07. The first-order chi connectivity index (χ1) is 9.52. The zero-order valence-corrected chi connectivity index (χ0v) is 14.1. The van der Waals surface area contributed by atoms with Crippen molar-refractivity contribution in [3.63, 3.8) is 0 Å². The Morgan fingerprint density at radius 2 is 2.00 bits per heavy atom. The number of hydrogen-bond donors (Lipinski definition) is 1. The molecule has 1 aromatic carbocycles. The molecule has 0 amide bonds. The summed E-state index contributed by atoms with van der Waals surface area (Å²) < 4.78 is 0.960. The molecule has 0 unspecified atom stereocenters. The summed E-state index contributed by atoms with van der Waals surface area (Å²) in [6.07, 6.45) is 1.05. The Labute approximate surface area is 132 Å². The molecule has 0 saturated heterocycles. The van der Waals surface area contributed by atoms with Crippen LogP contribution in [0, 0.1) is 13.8 Å². The monoisotopic (exact) mass is 353 g/mol. The van der Waals surface area contributed by atoms with Gasteiger partial charge in [0.05, 0.1) is 5.02 Å². The van der Waals surface area contributed by atoms with E-state index in [0.29, 0.717) is 10.8 Å². The van der Waals surface area contributed by atoms with Crippen LogP contribution in [0.5, 0.6) is 0 Å². The highest BCUT2D eigenvalue weighted by molar-refractivity contribution is 9.10. The summed E-state index contributed by atoms with van der Waals surface area (Å²) in [5.74, 6) is 1.53.